The van der Waals surface area contributed by atoms with Crippen LogP contribution in [0.4, 0.5) is 0 Å². The fourth-order valence-corrected chi connectivity index (χ4v) is 2.78. The van der Waals surface area contributed by atoms with Gasteiger partial charge in [0.15, 0.2) is 8.32 Å². The normalized spacial score (nSPS) is 13.5. The second-order valence-corrected chi connectivity index (χ2v) is 12.2. The predicted molar refractivity (Wildman–Crippen MR) is 97.4 cm³/mol. The van der Waals surface area contributed by atoms with E-state index in [2.05, 4.69) is 39.6 Å². The van der Waals surface area contributed by atoms with Crippen molar-refractivity contribution >= 4 is 13.9 Å². The van der Waals surface area contributed by atoms with Gasteiger partial charge in [0, 0.05) is 0 Å². The van der Waals surface area contributed by atoms with Crippen LogP contribution >= 0.6 is 0 Å². The van der Waals surface area contributed by atoms with Gasteiger partial charge in [0.2, 0.25) is 0 Å². The van der Waals surface area contributed by atoms with Gasteiger partial charge >= 0.3 is 0 Å². The lowest BCUT2D eigenvalue weighted by Gasteiger charge is -2.36. The molecule has 0 amide bonds. The van der Waals surface area contributed by atoms with Crippen LogP contribution in [-0.4, -0.2) is 26.1 Å². The molecule has 1 N–H and O–H groups in total. The van der Waals surface area contributed by atoms with Crippen molar-refractivity contribution in [3.05, 3.63) is 47.2 Å². The summed E-state index contributed by atoms with van der Waals surface area (Å²) in [5.74, 6) is 0. The van der Waals surface area contributed by atoms with Crippen LogP contribution < -0.4 is 0 Å². The Morgan fingerprint density at radius 2 is 1.73 bits per heavy atom. The van der Waals surface area contributed by atoms with Crippen molar-refractivity contribution in [2.45, 2.75) is 58.9 Å². The van der Waals surface area contributed by atoms with Crippen molar-refractivity contribution in [3.8, 4) is 0 Å². The molecule has 0 radical (unpaired) electrons. The fraction of sp³-hybridized carbons (Fsp3) is 0.526. The molecule has 0 aliphatic rings. The highest BCUT2D eigenvalue weighted by atomic mass is 28.4. The Bertz CT molecular complexity index is 547. The monoisotopic (exact) mass is 318 g/mol. The molecule has 0 aliphatic carbocycles. The van der Waals surface area contributed by atoms with E-state index in [4.69, 9.17) is 4.43 Å². The summed E-state index contributed by atoms with van der Waals surface area (Å²) in [6, 6.07) is 10.1. The first kappa shape index (κ1) is 18.9. The minimum Gasteiger partial charge on any atom is -0.414 e. The largest absolute Gasteiger partial charge is 0.414 e. The lowest BCUT2D eigenvalue weighted by atomic mass is 10.1. The Labute approximate surface area is 136 Å². The van der Waals surface area contributed by atoms with E-state index in [1.165, 1.54) is 0 Å². The van der Waals surface area contributed by atoms with Crippen molar-refractivity contribution in [2.75, 3.05) is 6.61 Å². The summed E-state index contributed by atoms with van der Waals surface area (Å²) < 4.78 is 6.08. The number of hydrogen-bond acceptors (Lipinski definition) is 2. The second-order valence-electron chi connectivity index (χ2n) is 7.39. The van der Waals surface area contributed by atoms with Gasteiger partial charge in [-0.15, -0.1) is 5.73 Å². The average molecular weight is 319 g/mol. The zero-order valence-electron chi connectivity index (χ0n) is 15.0. The van der Waals surface area contributed by atoms with Crippen molar-refractivity contribution in [1.82, 2.24) is 0 Å². The maximum absolute atomic E-state index is 10.3. The molecule has 0 saturated carbocycles. The fourth-order valence-electron chi connectivity index (χ4n) is 1.77. The van der Waals surface area contributed by atoms with Crippen molar-refractivity contribution in [2.24, 2.45) is 0 Å². The Morgan fingerprint density at radius 3 is 2.23 bits per heavy atom. The third-order valence-electron chi connectivity index (χ3n) is 4.50. The van der Waals surface area contributed by atoms with Gasteiger partial charge in [0.25, 0.3) is 0 Å². The van der Waals surface area contributed by atoms with Crippen LogP contribution in [0.3, 0.4) is 0 Å². The third-order valence-corrected chi connectivity index (χ3v) is 9.00. The summed E-state index contributed by atoms with van der Waals surface area (Å²) >= 11 is 0. The minimum absolute atomic E-state index is 0.153. The summed E-state index contributed by atoms with van der Waals surface area (Å²) in [4.78, 5) is 0. The van der Waals surface area contributed by atoms with Gasteiger partial charge in [-0.05, 0) is 48.7 Å². The maximum atomic E-state index is 10.3. The highest BCUT2D eigenvalue weighted by Gasteiger charge is 2.37. The molecule has 122 valence electrons. The molecule has 1 aromatic rings. The van der Waals surface area contributed by atoms with E-state index in [0.29, 0.717) is 6.61 Å². The van der Waals surface area contributed by atoms with Crippen molar-refractivity contribution in [1.29, 1.82) is 0 Å². The van der Waals surface area contributed by atoms with Crippen LogP contribution in [0.2, 0.25) is 18.1 Å². The predicted octanol–water partition coefficient (Wildman–Crippen LogP) is 5.02. The van der Waals surface area contributed by atoms with Gasteiger partial charge < -0.3 is 9.53 Å². The molecule has 0 aliphatic heterocycles. The van der Waals surface area contributed by atoms with Crippen LogP contribution in [0.15, 0.2) is 41.6 Å². The Morgan fingerprint density at radius 1 is 1.18 bits per heavy atom. The number of benzene rings is 1. The first-order valence-electron chi connectivity index (χ1n) is 7.86. The zero-order chi connectivity index (χ0) is 17.0. The van der Waals surface area contributed by atoms with Crippen molar-refractivity contribution in [3.63, 3.8) is 0 Å². The van der Waals surface area contributed by atoms with Gasteiger partial charge in [-0.2, -0.15) is 0 Å². The van der Waals surface area contributed by atoms with E-state index < -0.39 is 14.4 Å². The van der Waals surface area contributed by atoms with E-state index in [0.717, 1.165) is 16.7 Å². The summed E-state index contributed by atoms with van der Waals surface area (Å²) in [5.41, 5.74) is 6.27. The van der Waals surface area contributed by atoms with E-state index in [1.807, 2.05) is 44.2 Å². The smallest absolute Gasteiger partial charge is 0.192 e. The molecule has 0 saturated heterocycles. The quantitative estimate of drug-likeness (QED) is 0.610. The molecule has 22 heavy (non-hydrogen) atoms. The summed E-state index contributed by atoms with van der Waals surface area (Å²) in [7, 11) is -1.83. The molecular weight excluding hydrogens is 288 g/mol. The molecular formula is C19H30O2Si. The molecule has 1 atom stereocenters. The van der Waals surface area contributed by atoms with Gasteiger partial charge in [0.1, 0.15) is 6.10 Å². The SMILES string of the molecule is CC(=C=C(C)C(O)CO[Si](C)(C)C(C)(C)C)c1ccccc1. The Kier molecular flexibility index (Phi) is 6.39. The third kappa shape index (κ3) is 5.26. The molecule has 0 heterocycles. The summed E-state index contributed by atoms with van der Waals surface area (Å²) in [6.07, 6.45) is -0.604. The van der Waals surface area contributed by atoms with Crippen LogP contribution in [0, 0.1) is 0 Å². The topological polar surface area (TPSA) is 29.5 Å². The second kappa shape index (κ2) is 7.43. The van der Waals surface area contributed by atoms with E-state index >= 15 is 0 Å². The van der Waals surface area contributed by atoms with Crippen LogP contribution in [0.1, 0.15) is 40.2 Å². The van der Waals surface area contributed by atoms with E-state index in [1.54, 1.807) is 0 Å². The van der Waals surface area contributed by atoms with E-state index in [-0.39, 0.29) is 5.04 Å². The molecule has 0 fully saturated rings. The molecule has 3 heteroatoms. The van der Waals surface area contributed by atoms with Gasteiger partial charge in [-0.1, -0.05) is 51.1 Å². The lowest BCUT2D eigenvalue weighted by Crippen LogP contribution is -2.42. The standard InChI is InChI=1S/C19H30O2Si/c1-15(17-11-9-8-10-12-17)13-16(2)18(20)14-21-22(6,7)19(3,4)5/h8-12,18,20H,14H2,1-7H3. The van der Waals surface area contributed by atoms with Gasteiger partial charge in [-0.3, -0.25) is 0 Å². The highest BCUT2D eigenvalue weighted by molar-refractivity contribution is 6.74. The molecule has 1 aromatic carbocycles. The summed E-state index contributed by atoms with van der Waals surface area (Å²) in [6.45, 7) is 15.3. The average Bonchev–Trinajstić information content (AvgIpc) is 2.44. The number of rotatable bonds is 5. The highest BCUT2D eigenvalue weighted by Crippen LogP contribution is 2.36. The van der Waals surface area contributed by atoms with Gasteiger partial charge in [-0.25, -0.2) is 0 Å². The number of aliphatic hydroxyl groups is 1. The molecule has 0 bridgehead atoms. The minimum atomic E-state index is -1.83. The Hall–Kier alpha value is -1.12. The zero-order valence-corrected chi connectivity index (χ0v) is 16.0. The first-order valence-corrected chi connectivity index (χ1v) is 10.8. The lowest BCUT2D eigenvalue weighted by molar-refractivity contribution is 0.127. The molecule has 1 rings (SSSR count). The molecule has 1 unspecified atom stereocenters. The number of hydrogen-bond donors (Lipinski definition) is 1. The first-order chi connectivity index (χ1) is 10.0. The molecule has 0 aromatic heterocycles. The van der Waals surface area contributed by atoms with Crippen LogP contribution in [0.25, 0.3) is 5.57 Å². The van der Waals surface area contributed by atoms with Crippen LogP contribution in [0.5, 0.6) is 0 Å². The van der Waals surface area contributed by atoms with Crippen molar-refractivity contribution < 1.29 is 9.53 Å². The number of aliphatic hydroxyl groups excluding tert-OH is 1. The Balaban J connectivity index is 2.81. The van der Waals surface area contributed by atoms with Gasteiger partial charge in [0.05, 0.1) is 6.61 Å². The molecule has 0 spiro atoms. The molecule has 2 nitrogen and oxygen atoms in total. The summed E-state index contributed by atoms with van der Waals surface area (Å²) in [5, 5.41) is 10.5. The van der Waals surface area contributed by atoms with E-state index in [9.17, 15) is 5.11 Å². The maximum Gasteiger partial charge on any atom is 0.192 e. The van der Waals surface area contributed by atoms with Crippen LogP contribution in [-0.2, 0) is 4.43 Å².